The van der Waals surface area contributed by atoms with E-state index in [0.717, 1.165) is 5.75 Å². The van der Waals surface area contributed by atoms with Crippen LogP contribution in [0.25, 0.3) is 11.1 Å². The highest BCUT2D eigenvalue weighted by Crippen LogP contribution is 2.34. The van der Waals surface area contributed by atoms with E-state index >= 15 is 0 Å². The molecule has 1 atom stereocenters. The maximum absolute atomic E-state index is 5.55. The lowest BCUT2D eigenvalue weighted by atomic mass is 9.96. The van der Waals surface area contributed by atoms with Crippen LogP contribution in [-0.4, -0.2) is 14.2 Å². The van der Waals surface area contributed by atoms with Crippen molar-refractivity contribution in [2.24, 2.45) is 0 Å². The SMILES string of the molecule is CNC(C)c1ccc(-c2c(C)cc(C)cc2OC)cc1. The average molecular weight is 269 g/mol. The first-order valence-corrected chi connectivity index (χ1v) is 6.99. The highest BCUT2D eigenvalue weighted by atomic mass is 16.5. The Morgan fingerprint density at radius 1 is 1.05 bits per heavy atom. The van der Waals surface area contributed by atoms with Gasteiger partial charge in [-0.1, -0.05) is 30.3 Å². The standard InChI is InChI=1S/C18H23NO/c1-12-10-13(2)18(17(11-12)20-5)16-8-6-15(7-9-16)14(3)19-4/h6-11,14,19H,1-5H3. The molecule has 0 aliphatic heterocycles. The van der Waals surface area contributed by atoms with Crippen LogP contribution in [0.4, 0.5) is 0 Å². The van der Waals surface area contributed by atoms with E-state index in [1.54, 1.807) is 7.11 Å². The molecule has 2 nitrogen and oxygen atoms in total. The van der Waals surface area contributed by atoms with Gasteiger partial charge < -0.3 is 10.1 Å². The minimum absolute atomic E-state index is 0.366. The van der Waals surface area contributed by atoms with E-state index in [0.29, 0.717) is 6.04 Å². The second-order valence-corrected chi connectivity index (χ2v) is 5.29. The van der Waals surface area contributed by atoms with E-state index in [9.17, 15) is 0 Å². The number of methoxy groups -OCH3 is 1. The molecule has 0 bridgehead atoms. The van der Waals surface area contributed by atoms with Gasteiger partial charge in [-0.05, 0) is 56.1 Å². The summed E-state index contributed by atoms with van der Waals surface area (Å²) >= 11 is 0. The zero-order chi connectivity index (χ0) is 14.7. The van der Waals surface area contributed by atoms with E-state index in [1.807, 2.05) is 7.05 Å². The first-order chi connectivity index (χ1) is 9.56. The lowest BCUT2D eigenvalue weighted by Crippen LogP contribution is -2.11. The van der Waals surface area contributed by atoms with Crippen LogP contribution in [-0.2, 0) is 0 Å². The van der Waals surface area contributed by atoms with Crippen LogP contribution < -0.4 is 10.1 Å². The van der Waals surface area contributed by atoms with E-state index in [-0.39, 0.29) is 0 Å². The summed E-state index contributed by atoms with van der Waals surface area (Å²) in [6.45, 7) is 6.39. The summed E-state index contributed by atoms with van der Waals surface area (Å²) in [5, 5.41) is 3.26. The molecule has 0 radical (unpaired) electrons. The van der Waals surface area contributed by atoms with Crippen LogP contribution in [0.3, 0.4) is 0 Å². The van der Waals surface area contributed by atoms with Crippen molar-refractivity contribution in [1.29, 1.82) is 0 Å². The van der Waals surface area contributed by atoms with Gasteiger partial charge in [-0.25, -0.2) is 0 Å². The summed E-state index contributed by atoms with van der Waals surface area (Å²) in [5.74, 6) is 0.942. The van der Waals surface area contributed by atoms with Crippen LogP contribution in [0, 0.1) is 13.8 Å². The van der Waals surface area contributed by atoms with Crippen molar-refractivity contribution >= 4 is 0 Å². The first kappa shape index (κ1) is 14.6. The molecular formula is C18H23NO. The molecule has 0 aliphatic rings. The largest absolute Gasteiger partial charge is 0.496 e. The Kier molecular flexibility index (Phi) is 4.46. The van der Waals surface area contributed by atoms with Gasteiger partial charge in [0.15, 0.2) is 0 Å². The number of ether oxygens (including phenoxy) is 1. The molecule has 1 N–H and O–H groups in total. The minimum atomic E-state index is 0.366. The van der Waals surface area contributed by atoms with Crippen molar-refractivity contribution in [2.45, 2.75) is 26.8 Å². The highest BCUT2D eigenvalue weighted by Gasteiger charge is 2.11. The van der Waals surface area contributed by atoms with Crippen LogP contribution in [0.2, 0.25) is 0 Å². The van der Waals surface area contributed by atoms with E-state index < -0.39 is 0 Å². The zero-order valence-electron chi connectivity index (χ0n) is 12.9. The van der Waals surface area contributed by atoms with Crippen molar-refractivity contribution in [3.8, 4) is 16.9 Å². The molecule has 2 heteroatoms. The third kappa shape index (κ3) is 2.86. The van der Waals surface area contributed by atoms with Gasteiger partial charge in [0, 0.05) is 11.6 Å². The number of nitrogens with one attached hydrogen (secondary N) is 1. The molecule has 2 rings (SSSR count). The predicted molar refractivity (Wildman–Crippen MR) is 85.4 cm³/mol. The molecule has 0 amide bonds. The maximum atomic E-state index is 5.55. The number of hydrogen-bond donors (Lipinski definition) is 1. The Labute approximate surface area is 121 Å². The quantitative estimate of drug-likeness (QED) is 0.895. The van der Waals surface area contributed by atoms with Gasteiger partial charge in [0.1, 0.15) is 5.75 Å². The predicted octanol–water partition coefficient (Wildman–Crippen LogP) is 4.26. The fraction of sp³-hybridized carbons (Fsp3) is 0.333. The normalized spacial score (nSPS) is 12.2. The van der Waals surface area contributed by atoms with Gasteiger partial charge in [-0.2, -0.15) is 0 Å². The summed E-state index contributed by atoms with van der Waals surface area (Å²) in [5.41, 5.74) is 6.15. The molecule has 0 saturated carbocycles. The van der Waals surface area contributed by atoms with Crippen molar-refractivity contribution in [2.75, 3.05) is 14.2 Å². The molecule has 0 aromatic heterocycles. The first-order valence-electron chi connectivity index (χ1n) is 6.99. The van der Waals surface area contributed by atoms with Gasteiger partial charge in [0.05, 0.1) is 7.11 Å². The van der Waals surface area contributed by atoms with E-state index in [2.05, 4.69) is 62.5 Å². The molecule has 0 aliphatic carbocycles. The second-order valence-electron chi connectivity index (χ2n) is 5.29. The van der Waals surface area contributed by atoms with Crippen molar-refractivity contribution in [1.82, 2.24) is 5.32 Å². The van der Waals surface area contributed by atoms with Gasteiger partial charge in [-0.3, -0.25) is 0 Å². The summed E-state index contributed by atoms with van der Waals surface area (Å²) in [6, 6.07) is 13.3. The summed E-state index contributed by atoms with van der Waals surface area (Å²) in [4.78, 5) is 0. The van der Waals surface area contributed by atoms with Crippen LogP contribution in [0.5, 0.6) is 5.75 Å². The molecule has 0 saturated heterocycles. The fourth-order valence-corrected chi connectivity index (χ4v) is 2.56. The number of hydrogen-bond acceptors (Lipinski definition) is 2. The van der Waals surface area contributed by atoms with Crippen LogP contribution in [0.15, 0.2) is 36.4 Å². The lowest BCUT2D eigenvalue weighted by molar-refractivity contribution is 0.416. The third-order valence-corrected chi connectivity index (χ3v) is 3.80. The number of rotatable bonds is 4. The molecule has 20 heavy (non-hydrogen) atoms. The molecule has 2 aromatic carbocycles. The lowest BCUT2D eigenvalue weighted by Gasteiger charge is -2.15. The van der Waals surface area contributed by atoms with Crippen molar-refractivity contribution < 1.29 is 4.74 Å². The smallest absolute Gasteiger partial charge is 0.127 e. The van der Waals surface area contributed by atoms with E-state index in [4.69, 9.17) is 4.74 Å². The monoisotopic (exact) mass is 269 g/mol. The average Bonchev–Trinajstić information content (AvgIpc) is 2.46. The molecular weight excluding hydrogens is 246 g/mol. The Morgan fingerprint density at radius 2 is 1.70 bits per heavy atom. The van der Waals surface area contributed by atoms with Gasteiger partial charge in [0.2, 0.25) is 0 Å². The van der Waals surface area contributed by atoms with Crippen LogP contribution >= 0.6 is 0 Å². The van der Waals surface area contributed by atoms with Crippen LogP contribution in [0.1, 0.15) is 29.7 Å². The summed E-state index contributed by atoms with van der Waals surface area (Å²) < 4.78 is 5.55. The molecule has 2 aromatic rings. The zero-order valence-corrected chi connectivity index (χ0v) is 12.9. The van der Waals surface area contributed by atoms with Crippen molar-refractivity contribution in [3.05, 3.63) is 53.1 Å². The van der Waals surface area contributed by atoms with Gasteiger partial charge in [0.25, 0.3) is 0 Å². The molecule has 0 spiro atoms. The summed E-state index contributed by atoms with van der Waals surface area (Å²) in [7, 11) is 3.71. The Morgan fingerprint density at radius 3 is 2.25 bits per heavy atom. The van der Waals surface area contributed by atoms with E-state index in [1.165, 1.54) is 27.8 Å². The summed E-state index contributed by atoms with van der Waals surface area (Å²) in [6.07, 6.45) is 0. The molecule has 0 heterocycles. The third-order valence-electron chi connectivity index (χ3n) is 3.80. The van der Waals surface area contributed by atoms with Gasteiger partial charge in [-0.15, -0.1) is 0 Å². The molecule has 106 valence electrons. The highest BCUT2D eigenvalue weighted by molar-refractivity contribution is 5.74. The molecule has 1 unspecified atom stereocenters. The molecule has 0 fully saturated rings. The second kappa shape index (κ2) is 6.10. The Hall–Kier alpha value is -1.80. The van der Waals surface area contributed by atoms with Gasteiger partial charge >= 0.3 is 0 Å². The van der Waals surface area contributed by atoms with Crippen molar-refractivity contribution in [3.63, 3.8) is 0 Å². The Bertz CT molecular complexity index is 587. The topological polar surface area (TPSA) is 21.3 Å². The number of aryl methyl sites for hydroxylation is 2. The number of benzene rings is 2. The maximum Gasteiger partial charge on any atom is 0.127 e. The fourth-order valence-electron chi connectivity index (χ4n) is 2.56. The minimum Gasteiger partial charge on any atom is -0.496 e. The Balaban J connectivity index is 2.46.